The van der Waals surface area contributed by atoms with Crippen LogP contribution in [0.3, 0.4) is 0 Å². The zero-order chi connectivity index (χ0) is 4.12. The lowest BCUT2D eigenvalue weighted by Gasteiger charge is -1.86. The Hall–Kier alpha value is 0.137. The van der Waals surface area contributed by atoms with Crippen molar-refractivity contribution in [2.45, 2.75) is 6.55 Å². The molecule has 0 aliphatic rings. The van der Waals surface area contributed by atoms with Crippen molar-refractivity contribution in [3.63, 3.8) is 0 Å². The fraction of sp³-hybridized carbons (Fsp3) is 1.00. The molecule has 0 fully saturated rings. The van der Waals surface area contributed by atoms with E-state index < -0.39 is 0 Å². The Morgan fingerprint density at radius 1 is 1.60 bits per heavy atom. The first kappa shape index (κ1) is 5.14. The van der Waals surface area contributed by atoms with Crippen LogP contribution in [0.15, 0.2) is 0 Å². The summed E-state index contributed by atoms with van der Waals surface area (Å²) in [6.07, 6.45) is 0. The van der Waals surface area contributed by atoms with Gasteiger partial charge in [0, 0.05) is 0 Å². The first-order valence-electron chi connectivity index (χ1n) is 1.57. The normalized spacial score (nSPS) is 10.8. The zero-order valence-corrected chi connectivity index (χ0v) is 4.94. The molecule has 0 spiro atoms. The lowest BCUT2D eigenvalue weighted by Crippen LogP contribution is -1.88. The molecule has 0 unspecified atom stereocenters. The molecular weight excluding hydrogens is 84.1 g/mol. The average molecular weight is 92.2 g/mol. The summed E-state index contributed by atoms with van der Waals surface area (Å²) in [6.45, 7) is 2.00. The highest BCUT2D eigenvalue weighted by molar-refractivity contribution is 6.24. The smallest absolute Gasteiger partial charge is 0.205 e. The van der Waals surface area contributed by atoms with Gasteiger partial charge >= 0.3 is 0 Å². The molecule has 0 N–H and O–H groups in total. The average Bonchev–Trinajstić information content (AvgIpc) is 1.41. The van der Waals surface area contributed by atoms with E-state index in [4.69, 9.17) is 0 Å². The van der Waals surface area contributed by atoms with Gasteiger partial charge in [-0.25, -0.2) is 0 Å². The Morgan fingerprint density at radius 3 is 2.20 bits per heavy atom. The molecule has 3 heteroatoms. The quantitative estimate of drug-likeness (QED) is 0.264. The summed E-state index contributed by atoms with van der Waals surface area (Å²) >= 11 is 0. The number of hydrogen-bond donors (Lipinski definition) is 0. The predicted octanol–water partition coefficient (Wildman–Crippen LogP) is -0.304. The van der Waals surface area contributed by atoms with Gasteiger partial charge in [0.15, 0.2) is 0 Å². The van der Waals surface area contributed by atoms with Gasteiger partial charge in [-0.1, -0.05) is 0 Å². The predicted molar refractivity (Wildman–Crippen MR) is 22.5 cm³/mol. The van der Waals surface area contributed by atoms with Gasteiger partial charge in [0.05, 0.1) is 7.11 Å². The summed E-state index contributed by atoms with van der Waals surface area (Å²) < 4.78 is 4.47. The fourth-order valence-electron chi connectivity index (χ4n) is 0.118. The molecule has 0 aromatic carbocycles. The minimum Gasteiger partial charge on any atom is -0.295 e. The van der Waals surface area contributed by atoms with Crippen molar-refractivity contribution < 1.29 is 9.46 Å². The van der Waals surface area contributed by atoms with Crippen LogP contribution in [0.4, 0.5) is 0 Å². The van der Waals surface area contributed by atoms with E-state index in [2.05, 4.69) is 9.46 Å². The zero-order valence-electron chi connectivity index (χ0n) is 3.52. The summed E-state index contributed by atoms with van der Waals surface area (Å²) in [5.74, 6) is 0. The SMILES string of the molecule is COO[SiH2]C. The van der Waals surface area contributed by atoms with Gasteiger partial charge in [0.25, 0.3) is 0 Å². The molecule has 0 heterocycles. The molecule has 0 rings (SSSR count). The van der Waals surface area contributed by atoms with Crippen molar-refractivity contribution in [1.82, 2.24) is 0 Å². The number of rotatable bonds is 2. The van der Waals surface area contributed by atoms with E-state index in [0.717, 1.165) is 0 Å². The van der Waals surface area contributed by atoms with Gasteiger partial charge in [-0.3, -0.25) is 9.46 Å². The molecule has 32 valence electrons. The van der Waals surface area contributed by atoms with E-state index in [-0.39, 0.29) is 9.76 Å². The highest BCUT2D eigenvalue weighted by Crippen LogP contribution is 1.61. The van der Waals surface area contributed by atoms with Crippen molar-refractivity contribution >= 4 is 9.76 Å². The lowest BCUT2D eigenvalue weighted by molar-refractivity contribution is -0.178. The molecule has 0 aliphatic heterocycles. The molecular formula is C2H8O2Si. The molecule has 0 bridgehead atoms. The molecule has 5 heavy (non-hydrogen) atoms. The summed E-state index contributed by atoms with van der Waals surface area (Å²) in [5, 5.41) is 0. The summed E-state index contributed by atoms with van der Waals surface area (Å²) in [5.41, 5.74) is 0. The van der Waals surface area contributed by atoms with Gasteiger partial charge in [-0.15, -0.1) is 0 Å². The second-order valence-electron chi connectivity index (χ2n) is 0.573. The highest BCUT2D eigenvalue weighted by atomic mass is 28.2. The minimum absolute atomic E-state index is 0.308. The maximum atomic E-state index is 4.47. The highest BCUT2D eigenvalue weighted by Gasteiger charge is 1.65. The van der Waals surface area contributed by atoms with Crippen LogP contribution in [0, 0.1) is 0 Å². The van der Waals surface area contributed by atoms with Crippen LogP contribution in [0.5, 0.6) is 0 Å². The molecule has 0 aromatic rings. The third-order valence-electron chi connectivity index (χ3n) is 0.236. The Balaban J connectivity index is 2.19. The van der Waals surface area contributed by atoms with Crippen molar-refractivity contribution in [2.24, 2.45) is 0 Å². The largest absolute Gasteiger partial charge is 0.295 e. The van der Waals surface area contributed by atoms with Crippen LogP contribution >= 0.6 is 0 Å². The van der Waals surface area contributed by atoms with Crippen LogP contribution in [0.2, 0.25) is 6.55 Å². The molecule has 2 nitrogen and oxygen atoms in total. The molecule has 0 radical (unpaired) electrons. The first-order chi connectivity index (χ1) is 2.41. The Labute approximate surface area is 34.0 Å². The van der Waals surface area contributed by atoms with Crippen LogP contribution in [-0.2, 0) is 9.46 Å². The van der Waals surface area contributed by atoms with Gasteiger partial charge in [0.1, 0.15) is 0 Å². The van der Waals surface area contributed by atoms with E-state index in [1.807, 2.05) is 6.55 Å². The van der Waals surface area contributed by atoms with Crippen LogP contribution in [-0.4, -0.2) is 16.9 Å². The fourth-order valence-corrected chi connectivity index (χ4v) is 0.354. The van der Waals surface area contributed by atoms with E-state index in [0.29, 0.717) is 0 Å². The third kappa shape index (κ3) is 4.14. The van der Waals surface area contributed by atoms with Crippen LogP contribution < -0.4 is 0 Å². The van der Waals surface area contributed by atoms with Crippen LogP contribution in [0.1, 0.15) is 0 Å². The third-order valence-corrected chi connectivity index (χ3v) is 0.707. The summed E-state index contributed by atoms with van der Waals surface area (Å²) in [4.78, 5) is 4.25. The second-order valence-corrected chi connectivity index (χ2v) is 1.39. The first-order valence-corrected chi connectivity index (χ1v) is 3.56. The lowest BCUT2D eigenvalue weighted by atomic mass is 11.8. The topological polar surface area (TPSA) is 18.5 Å². The van der Waals surface area contributed by atoms with E-state index in [9.17, 15) is 0 Å². The van der Waals surface area contributed by atoms with E-state index >= 15 is 0 Å². The Bertz CT molecular complexity index is 15.1. The van der Waals surface area contributed by atoms with Crippen molar-refractivity contribution in [3.05, 3.63) is 0 Å². The van der Waals surface area contributed by atoms with E-state index in [1.165, 1.54) is 7.11 Å². The molecule has 0 amide bonds. The maximum Gasteiger partial charge on any atom is 0.205 e. The molecule has 0 aromatic heterocycles. The standard InChI is InChI=1S/C2H8O2Si/c1-3-4-5-2/h5H2,1-2H3. The second kappa shape index (κ2) is 4.14. The summed E-state index contributed by atoms with van der Waals surface area (Å²) in [6, 6.07) is 0. The van der Waals surface area contributed by atoms with Gasteiger partial charge in [-0.05, 0) is 6.55 Å². The van der Waals surface area contributed by atoms with Gasteiger partial charge < -0.3 is 0 Å². The molecule has 0 aliphatic carbocycles. The number of hydrogen-bond acceptors (Lipinski definition) is 2. The maximum absolute atomic E-state index is 4.47. The van der Waals surface area contributed by atoms with Crippen molar-refractivity contribution in [3.8, 4) is 0 Å². The molecule has 0 saturated heterocycles. The Morgan fingerprint density at radius 2 is 2.20 bits per heavy atom. The van der Waals surface area contributed by atoms with Gasteiger partial charge in [-0.2, -0.15) is 0 Å². The Kier molecular flexibility index (Phi) is 4.25. The van der Waals surface area contributed by atoms with Crippen LogP contribution in [0.25, 0.3) is 0 Å². The molecule has 0 saturated carbocycles. The van der Waals surface area contributed by atoms with Crippen molar-refractivity contribution in [1.29, 1.82) is 0 Å². The molecule has 0 atom stereocenters. The monoisotopic (exact) mass is 92.0 g/mol. The minimum atomic E-state index is -0.308. The summed E-state index contributed by atoms with van der Waals surface area (Å²) in [7, 11) is 1.22. The van der Waals surface area contributed by atoms with Crippen molar-refractivity contribution in [2.75, 3.05) is 7.11 Å². The van der Waals surface area contributed by atoms with E-state index in [1.54, 1.807) is 0 Å². The van der Waals surface area contributed by atoms with Gasteiger partial charge in [0.2, 0.25) is 9.76 Å².